The van der Waals surface area contributed by atoms with Crippen molar-refractivity contribution >= 4 is 0 Å². The Morgan fingerprint density at radius 2 is 1.93 bits per heavy atom. The fourth-order valence-corrected chi connectivity index (χ4v) is 1.80. The summed E-state index contributed by atoms with van der Waals surface area (Å²) in [5, 5.41) is 0. The third-order valence-electron chi connectivity index (χ3n) is 2.33. The van der Waals surface area contributed by atoms with E-state index in [1.54, 1.807) is 6.07 Å². The quantitative estimate of drug-likeness (QED) is 0.680. The summed E-state index contributed by atoms with van der Waals surface area (Å²) in [5.41, 5.74) is 1.69. The first kappa shape index (κ1) is 9.37. The lowest BCUT2D eigenvalue weighted by molar-refractivity contribution is -0.274. The van der Waals surface area contributed by atoms with Gasteiger partial charge in [-0.3, -0.25) is 0 Å². The maximum absolute atomic E-state index is 12.0. The highest BCUT2D eigenvalue weighted by Gasteiger charge is 2.32. The Morgan fingerprint density at radius 1 is 1.14 bits per heavy atom. The molecular formula is C10H9F3O. The molecule has 0 atom stereocenters. The average molecular weight is 202 g/mol. The van der Waals surface area contributed by atoms with Gasteiger partial charge in [0, 0.05) is 0 Å². The van der Waals surface area contributed by atoms with Crippen molar-refractivity contribution in [3.05, 3.63) is 29.3 Å². The van der Waals surface area contributed by atoms with Crippen LogP contribution in [0.3, 0.4) is 0 Å². The lowest BCUT2D eigenvalue weighted by Crippen LogP contribution is -2.18. The van der Waals surface area contributed by atoms with Crippen LogP contribution in [0.4, 0.5) is 13.2 Å². The van der Waals surface area contributed by atoms with E-state index in [0.29, 0.717) is 12.0 Å². The molecule has 14 heavy (non-hydrogen) atoms. The highest BCUT2D eigenvalue weighted by molar-refractivity contribution is 5.43. The second-order valence-electron chi connectivity index (χ2n) is 3.30. The van der Waals surface area contributed by atoms with Gasteiger partial charge in [-0.15, -0.1) is 13.2 Å². The Kier molecular flexibility index (Phi) is 2.13. The van der Waals surface area contributed by atoms with E-state index in [2.05, 4.69) is 4.74 Å². The summed E-state index contributed by atoms with van der Waals surface area (Å²) >= 11 is 0. The number of aryl methyl sites for hydroxylation is 1. The maximum Gasteiger partial charge on any atom is 0.573 e. The third kappa shape index (κ3) is 1.84. The van der Waals surface area contributed by atoms with Gasteiger partial charge in [0.05, 0.1) is 0 Å². The number of hydrogen-bond donors (Lipinski definition) is 0. The summed E-state index contributed by atoms with van der Waals surface area (Å²) in [6.07, 6.45) is -2.14. The lowest BCUT2D eigenvalue weighted by atomic mass is 10.1. The molecule has 0 unspecified atom stereocenters. The third-order valence-corrected chi connectivity index (χ3v) is 2.33. The number of alkyl halides is 3. The first-order valence-corrected chi connectivity index (χ1v) is 4.43. The van der Waals surface area contributed by atoms with E-state index < -0.39 is 6.36 Å². The number of hydrogen-bond acceptors (Lipinski definition) is 1. The maximum atomic E-state index is 12.0. The lowest BCUT2D eigenvalue weighted by Gasteiger charge is -2.12. The van der Waals surface area contributed by atoms with Crippen molar-refractivity contribution in [2.24, 2.45) is 0 Å². The Labute approximate surface area is 79.5 Å². The van der Waals surface area contributed by atoms with Crippen molar-refractivity contribution in [3.63, 3.8) is 0 Å². The van der Waals surface area contributed by atoms with Crippen molar-refractivity contribution < 1.29 is 17.9 Å². The summed E-state index contributed by atoms with van der Waals surface area (Å²) in [5.74, 6) is -0.0347. The fourth-order valence-electron chi connectivity index (χ4n) is 1.80. The van der Waals surface area contributed by atoms with Gasteiger partial charge in [-0.2, -0.15) is 0 Å². The molecule has 4 heteroatoms. The number of halogens is 3. The SMILES string of the molecule is FC(F)(F)Oc1cccc2c1CCC2. The van der Waals surface area contributed by atoms with E-state index in [-0.39, 0.29) is 5.75 Å². The van der Waals surface area contributed by atoms with Crippen LogP contribution < -0.4 is 4.74 Å². The van der Waals surface area contributed by atoms with Crippen LogP contribution in [0.15, 0.2) is 18.2 Å². The molecule has 0 radical (unpaired) electrons. The highest BCUT2D eigenvalue weighted by Crippen LogP contribution is 2.33. The molecule has 0 amide bonds. The molecule has 2 rings (SSSR count). The zero-order valence-corrected chi connectivity index (χ0v) is 7.40. The van der Waals surface area contributed by atoms with Crippen LogP contribution in [0.5, 0.6) is 5.75 Å². The fraction of sp³-hybridized carbons (Fsp3) is 0.400. The molecule has 0 bridgehead atoms. The molecule has 0 aromatic heterocycles. The predicted molar refractivity (Wildman–Crippen MR) is 45.2 cm³/mol. The molecule has 1 aliphatic rings. The molecule has 76 valence electrons. The van der Waals surface area contributed by atoms with Crippen molar-refractivity contribution in [1.82, 2.24) is 0 Å². The number of rotatable bonds is 1. The Balaban J connectivity index is 2.31. The van der Waals surface area contributed by atoms with E-state index in [1.807, 2.05) is 6.07 Å². The van der Waals surface area contributed by atoms with Crippen LogP contribution in [0.2, 0.25) is 0 Å². The minimum atomic E-state index is -4.59. The molecular weight excluding hydrogens is 193 g/mol. The van der Waals surface area contributed by atoms with Gasteiger partial charge in [-0.1, -0.05) is 12.1 Å². The molecule has 1 aliphatic carbocycles. The van der Waals surface area contributed by atoms with Crippen LogP contribution in [0.1, 0.15) is 17.5 Å². The molecule has 0 N–H and O–H groups in total. The number of benzene rings is 1. The van der Waals surface area contributed by atoms with Gasteiger partial charge in [0.2, 0.25) is 0 Å². The van der Waals surface area contributed by atoms with E-state index >= 15 is 0 Å². The summed E-state index contributed by atoms with van der Waals surface area (Å²) in [4.78, 5) is 0. The standard InChI is InChI=1S/C10H9F3O/c11-10(12,13)14-9-6-2-4-7-3-1-5-8(7)9/h2,4,6H,1,3,5H2. The highest BCUT2D eigenvalue weighted by atomic mass is 19.4. The van der Waals surface area contributed by atoms with Crippen LogP contribution in [0.25, 0.3) is 0 Å². The van der Waals surface area contributed by atoms with E-state index in [1.165, 1.54) is 6.07 Å². The van der Waals surface area contributed by atoms with E-state index in [9.17, 15) is 13.2 Å². The van der Waals surface area contributed by atoms with Gasteiger partial charge < -0.3 is 4.74 Å². The molecule has 1 aromatic carbocycles. The molecule has 0 fully saturated rings. The Hall–Kier alpha value is -1.19. The minimum Gasteiger partial charge on any atom is -0.405 e. The molecule has 0 saturated carbocycles. The second-order valence-corrected chi connectivity index (χ2v) is 3.30. The van der Waals surface area contributed by atoms with Crippen molar-refractivity contribution in [2.45, 2.75) is 25.6 Å². The second kappa shape index (κ2) is 3.19. The van der Waals surface area contributed by atoms with Crippen molar-refractivity contribution in [2.75, 3.05) is 0 Å². The smallest absolute Gasteiger partial charge is 0.405 e. The molecule has 0 spiro atoms. The van der Waals surface area contributed by atoms with Gasteiger partial charge in [-0.05, 0) is 36.5 Å². The van der Waals surface area contributed by atoms with Crippen LogP contribution >= 0.6 is 0 Å². The average Bonchev–Trinajstić information content (AvgIpc) is 2.49. The summed E-state index contributed by atoms with van der Waals surface area (Å²) in [6, 6.07) is 4.83. The van der Waals surface area contributed by atoms with E-state index in [0.717, 1.165) is 18.4 Å². The van der Waals surface area contributed by atoms with Crippen LogP contribution in [-0.4, -0.2) is 6.36 Å². The molecule has 0 aliphatic heterocycles. The molecule has 1 aromatic rings. The van der Waals surface area contributed by atoms with Crippen LogP contribution in [0, 0.1) is 0 Å². The van der Waals surface area contributed by atoms with Crippen molar-refractivity contribution in [1.29, 1.82) is 0 Å². The van der Waals surface area contributed by atoms with Gasteiger partial charge in [-0.25, -0.2) is 0 Å². The summed E-state index contributed by atoms with van der Waals surface area (Å²) in [7, 11) is 0. The van der Waals surface area contributed by atoms with Gasteiger partial charge in [0.25, 0.3) is 0 Å². The molecule has 0 heterocycles. The van der Waals surface area contributed by atoms with Crippen molar-refractivity contribution in [3.8, 4) is 5.75 Å². The van der Waals surface area contributed by atoms with Gasteiger partial charge in [0.15, 0.2) is 0 Å². The zero-order valence-electron chi connectivity index (χ0n) is 7.40. The summed E-state index contributed by atoms with van der Waals surface area (Å²) < 4.78 is 39.9. The topological polar surface area (TPSA) is 9.23 Å². The first-order chi connectivity index (χ1) is 6.56. The van der Waals surface area contributed by atoms with Gasteiger partial charge in [0.1, 0.15) is 5.75 Å². The summed E-state index contributed by atoms with van der Waals surface area (Å²) in [6.45, 7) is 0. The number of fused-ring (bicyclic) bond motifs is 1. The van der Waals surface area contributed by atoms with E-state index in [4.69, 9.17) is 0 Å². The Morgan fingerprint density at radius 3 is 2.64 bits per heavy atom. The molecule has 0 saturated heterocycles. The number of ether oxygens (including phenoxy) is 1. The predicted octanol–water partition coefficient (Wildman–Crippen LogP) is 3.07. The molecule has 1 nitrogen and oxygen atoms in total. The first-order valence-electron chi connectivity index (χ1n) is 4.43. The monoisotopic (exact) mass is 202 g/mol. The largest absolute Gasteiger partial charge is 0.573 e. The normalized spacial score (nSPS) is 15.4. The van der Waals surface area contributed by atoms with Crippen LogP contribution in [-0.2, 0) is 12.8 Å². The minimum absolute atomic E-state index is 0.0347. The zero-order chi connectivity index (χ0) is 10.2. The van der Waals surface area contributed by atoms with Gasteiger partial charge >= 0.3 is 6.36 Å². The Bertz CT molecular complexity index is 344.